The van der Waals surface area contributed by atoms with E-state index in [1.165, 1.54) is 30.5 Å². The molecule has 4 fully saturated rings. The number of hydrogen-bond donors (Lipinski definition) is 0. The van der Waals surface area contributed by atoms with Crippen LogP contribution in [0.25, 0.3) is 11.4 Å². The topological polar surface area (TPSA) is 73.9 Å². The zero-order valence-electron chi connectivity index (χ0n) is 18.6. The largest absolute Gasteiger partial charge is 0.365 e. The van der Waals surface area contributed by atoms with Crippen molar-refractivity contribution < 1.29 is 0 Å². The summed E-state index contributed by atoms with van der Waals surface area (Å²) < 4.78 is 1.74. The maximum absolute atomic E-state index is 9.74. The van der Waals surface area contributed by atoms with Crippen LogP contribution in [0.1, 0.15) is 43.7 Å². The van der Waals surface area contributed by atoms with Gasteiger partial charge in [-0.25, -0.2) is 9.97 Å². The molecule has 7 rings (SSSR count). The van der Waals surface area contributed by atoms with Crippen LogP contribution in [-0.4, -0.2) is 44.9 Å². The zero-order chi connectivity index (χ0) is 21.9. The number of anilines is 2. The molecule has 5 heterocycles. The summed E-state index contributed by atoms with van der Waals surface area (Å²) in [6.07, 6.45) is 10.2. The molecule has 1 aromatic carbocycles. The van der Waals surface area contributed by atoms with Crippen LogP contribution in [0.2, 0.25) is 0 Å². The minimum absolute atomic E-state index is 0.337. The Bertz CT molecular complexity index is 1220. The number of nitriles is 1. The average molecular weight is 426 g/mol. The van der Waals surface area contributed by atoms with Gasteiger partial charge in [-0.2, -0.15) is 10.4 Å². The van der Waals surface area contributed by atoms with E-state index in [4.69, 9.17) is 4.98 Å². The summed E-state index contributed by atoms with van der Waals surface area (Å²) in [5, 5.41) is 14.0. The summed E-state index contributed by atoms with van der Waals surface area (Å²) >= 11 is 0. The zero-order valence-corrected chi connectivity index (χ0v) is 18.6. The first-order valence-corrected chi connectivity index (χ1v) is 11.4. The second-order valence-corrected chi connectivity index (χ2v) is 9.75. The van der Waals surface area contributed by atoms with Gasteiger partial charge in [0.05, 0.1) is 18.0 Å². The molecule has 0 unspecified atom stereocenters. The van der Waals surface area contributed by atoms with Crippen LogP contribution in [0.5, 0.6) is 0 Å². The number of piperazine rings is 1. The summed E-state index contributed by atoms with van der Waals surface area (Å²) in [7, 11) is 1.88. The lowest BCUT2D eigenvalue weighted by Gasteiger charge is -2.53. The lowest BCUT2D eigenvalue weighted by molar-refractivity contribution is 0.332. The van der Waals surface area contributed by atoms with Crippen molar-refractivity contribution in [2.75, 3.05) is 22.9 Å². The van der Waals surface area contributed by atoms with Gasteiger partial charge in [-0.15, -0.1) is 0 Å². The quantitative estimate of drug-likeness (QED) is 0.635. The van der Waals surface area contributed by atoms with E-state index in [1.54, 1.807) is 17.1 Å². The van der Waals surface area contributed by atoms with Crippen LogP contribution < -0.4 is 9.80 Å². The van der Waals surface area contributed by atoms with Crippen molar-refractivity contribution in [3.63, 3.8) is 0 Å². The highest BCUT2D eigenvalue weighted by Gasteiger charge is 2.42. The van der Waals surface area contributed by atoms with Crippen LogP contribution in [0.15, 0.2) is 42.9 Å². The lowest BCUT2D eigenvalue weighted by atomic mass is 9.89. The van der Waals surface area contributed by atoms with E-state index >= 15 is 0 Å². The van der Waals surface area contributed by atoms with Gasteiger partial charge in [0, 0.05) is 44.1 Å². The minimum atomic E-state index is 0.337. The van der Waals surface area contributed by atoms with E-state index < -0.39 is 0 Å². The highest BCUT2D eigenvalue weighted by atomic mass is 15.3. The van der Waals surface area contributed by atoms with E-state index in [2.05, 4.69) is 57.1 Å². The van der Waals surface area contributed by atoms with Gasteiger partial charge in [0.1, 0.15) is 11.6 Å². The molecule has 4 aliphatic rings. The number of aryl methyl sites for hydroxylation is 1. The van der Waals surface area contributed by atoms with Crippen LogP contribution >= 0.6 is 0 Å². The first kappa shape index (κ1) is 19.3. The molecule has 2 aromatic heterocycles. The molecule has 2 bridgehead atoms. The Kier molecular flexibility index (Phi) is 4.26. The fraction of sp³-hybridized carbons (Fsp3) is 0.440. The number of rotatable bonds is 4. The lowest BCUT2D eigenvalue weighted by Crippen LogP contribution is -2.63. The molecule has 162 valence electrons. The van der Waals surface area contributed by atoms with E-state index in [9.17, 15) is 5.26 Å². The highest BCUT2D eigenvalue weighted by Crippen LogP contribution is 2.48. The van der Waals surface area contributed by atoms with Gasteiger partial charge in [-0.1, -0.05) is 19.1 Å². The van der Waals surface area contributed by atoms with Gasteiger partial charge in [-0.05, 0) is 48.8 Å². The molecular formula is C25H27N7. The van der Waals surface area contributed by atoms with Gasteiger partial charge >= 0.3 is 0 Å². The SMILES string of the molecule is Cn1cc(-c2ncc(C#N)c(N3C[C@@H]4CC[C@H]3CN4c3cccc(C4(C)CC4)c3)n2)cn1. The molecule has 3 aromatic rings. The van der Waals surface area contributed by atoms with Crippen LogP contribution in [-0.2, 0) is 12.5 Å². The summed E-state index contributed by atoms with van der Waals surface area (Å²) in [6.45, 7) is 4.21. The van der Waals surface area contributed by atoms with Crippen LogP contribution in [0.3, 0.4) is 0 Å². The molecular weight excluding hydrogens is 398 g/mol. The summed E-state index contributed by atoms with van der Waals surface area (Å²) in [4.78, 5) is 14.2. The van der Waals surface area contributed by atoms with Crippen molar-refractivity contribution in [1.29, 1.82) is 5.26 Å². The number of piperidine rings is 2. The second kappa shape index (κ2) is 7.06. The second-order valence-electron chi connectivity index (χ2n) is 9.75. The van der Waals surface area contributed by atoms with E-state index in [-0.39, 0.29) is 0 Å². The normalized spacial score (nSPS) is 23.3. The van der Waals surface area contributed by atoms with Crippen molar-refractivity contribution >= 4 is 11.5 Å². The highest BCUT2D eigenvalue weighted by molar-refractivity contribution is 5.63. The molecule has 3 aliphatic heterocycles. The predicted molar refractivity (Wildman–Crippen MR) is 123 cm³/mol. The van der Waals surface area contributed by atoms with E-state index in [0.717, 1.165) is 30.9 Å². The first-order valence-electron chi connectivity index (χ1n) is 11.4. The number of aromatic nitrogens is 4. The Morgan fingerprint density at radius 2 is 1.88 bits per heavy atom. The van der Waals surface area contributed by atoms with Crippen molar-refractivity contribution in [3.8, 4) is 17.5 Å². The van der Waals surface area contributed by atoms with Gasteiger partial charge in [0.25, 0.3) is 0 Å². The Balaban J connectivity index is 1.30. The Morgan fingerprint density at radius 1 is 1.09 bits per heavy atom. The number of nitrogens with zero attached hydrogens (tertiary/aromatic N) is 7. The molecule has 7 heteroatoms. The van der Waals surface area contributed by atoms with Gasteiger partial charge in [0.2, 0.25) is 0 Å². The maximum atomic E-state index is 9.74. The van der Waals surface area contributed by atoms with Gasteiger partial charge < -0.3 is 9.80 Å². The Morgan fingerprint density at radius 3 is 2.53 bits per heavy atom. The third-order valence-electron chi connectivity index (χ3n) is 7.53. The standard InChI is InChI=1S/C25H27N7/c1-25(8-9-25)19-4-3-5-20(10-19)31-15-22-7-6-21(31)16-32(22)24-17(11-26)12-27-23(29-24)18-13-28-30(2)14-18/h3-5,10,12-14,21-22H,6-9,15-16H2,1-2H3/t21-,22-/m0/s1. The van der Waals surface area contributed by atoms with Crippen molar-refractivity contribution in [1.82, 2.24) is 19.7 Å². The molecule has 0 spiro atoms. The summed E-state index contributed by atoms with van der Waals surface area (Å²) in [6, 6.07) is 12.2. The van der Waals surface area contributed by atoms with Gasteiger partial charge in [0.15, 0.2) is 11.6 Å². The molecule has 7 nitrogen and oxygen atoms in total. The monoisotopic (exact) mass is 425 g/mol. The van der Waals surface area contributed by atoms with Crippen LogP contribution in [0.4, 0.5) is 11.5 Å². The molecule has 32 heavy (non-hydrogen) atoms. The van der Waals surface area contributed by atoms with Gasteiger partial charge in [-0.3, -0.25) is 4.68 Å². The van der Waals surface area contributed by atoms with E-state index in [0.29, 0.717) is 28.9 Å². The fourth-order valence-corrected chi connectivity index (χ4v) is 5.29. The minimum Gasteiger partial charge on any atom is -0.365 e. The molecule has 0 radical (unpaired) electrons. The van der Waals surface area contributed by atoms with Crippen LogP contribution in [0, 0.1) is 11.3 Å². The maximum Gasteiger partial charge on any atom is 0.164 e. The molecule has 1 saturated carbocycles. The summed E-state index contributed by atoms with van der Waals surface area (Å²) in [5.74, 6) is 1.38. The number of fused-ring (bicyclic) bond motifs is 3. The van der Waals surface area contributed by atoms with Crippen molar-refractivity contribution in [2.24, 2.45) is 7.05 Å². The molecule has 0 N–H and O–H groups in total. The molecule has 2 atom stereocenters. The van der Waals surface area contributed by atoms with E-state index in [1.807, 2.05) is 13.2 Å². The Hall–Kier alpha value is -3.40. The van der Waals surface area contributed by atoms with Crippen molar-refractivity contribution in [2.45, 2.75) is 50.1 Å². The molecule has 3 saturated heterocycles. The fourth-order valence-electron chi connectivity index (χ4n) is 5.29. The smallest absolute Gasteiger partial charge is 0.164 e. The molecule has 0 amide bonds. The molecule has 1 aliphatic carbocycles. The summed E-state index contributed by atoms with van der Waals surface area (Å²) in [5.41, 5.74) is 4.59. The number of hydrogen-bond acceptors (Lipinski definition) is 6. The Labute approximate surface area is 188 Å². The first-order chi connectivity index (χ1) is 15.5. The third-order valence-corrected chi connectivity index (χ3v) is 7.53. The van der Waals surface area contributed by atoms with Crippen molar-refractivity contribution in [3.05, 3.63) is 54.0 Å². The predicted octanol–water partition coefficient (Wildman–Crippen LogP) is 3.66. The average Bonchev–Trinajstić information content (AvgIpc) is 3.45. The number of benzene rings is 1. The third kappa shape index (κ3) is 3.13.